The first-order valence-corrected chi connectivity index (χ1v) is 4.20. The highest BCUT2D eigenvalue weighted by atomic mass is 35.5. The fourth-order valence-electron chi connectivity index (χ4n) is 1.11. The lowest BCUT2D eigenvalue weighted by atomic mass is 10.1. The Labute approximate surface area is 92.7 Å². The number of anilines is 1. The molecule has 1 aromatic carbocycles. The summed E-state index contributed by atoms with van der Waals surface area (Å²) in [6, 6.07) is 9.26. The highest BCUT2D eigenvalue weighted by Crippen LogP contribution is 2.20. The SMILES string of the molecule is Cl.Nc1cc(-c2ccc(Cl)cc2)[nH]n1. The first-order chi connectivity index (χ1) is 6.25. The van der Waals surface area contributed by atoms with Gasteiger partial charge in [-0.05, 0) is 17.7 Å². The zero-order valence-electron chi connectivity index (χ0n) is 7.20. The number of H-pyrrole nitrogens is 1. The molecule has 14 heavy (non-hydrogen) atoms. The Morgan fingerprint density at radius 3 is 2.36 bits per heavy atom. The topological polar surface area (TPSA) is 54.7 Å². The molecule has 0 aliphatic rings. The standard InChI is InChI=1S/C9H8ClN3.ClH/c10-7-3-1-6(2-4-7)8-5-9(11)13-12-8;/h1-5H,(H3,11,12,13);1H. The van der Waals surface area contributed by atoms with Crippen molar-refractivity contribution in [3.63, 3.8) is 0 Å². The van der Waals surface area contributed by atoms with Gasteiger partial charge in [-0.2, -0.15) is 5.10 Å². The summed E-state index contributed by atoms with van der Waals surface area (Å²) in [7, 11) is 0. The lowest BCUT2D eigenvalue weighted by Gasteiger charge is -1.95. The molecule has 74 valence electrons. The number of hydrogen-bond acceptors (Lipinski definition) is 2. The Bertz CT molecular complexity index is 408. The highest BCUT2D eigenvalue weighted by Gasteiger charge is 2.00. The van der Waals surface area contributed by atoms with Crippen LogP contribution < -0.4 is 5.73 Å². The molecule has 1 aromatic heterocycles. The number of nitrogens with one attached hydrogen (secondary N) is 1. The van der Waals surface area contributed by atoms with Gasteiger partial charge in [0.2, 0.25) is 0 Å². The molecule has 0 spiro atoms. The molecule has 0 aliphatic carbocycles. The third-order valence-electron chi connectivity index (χ3n) is 1.75. The summed E-state index contributed by atoms with van der Waals surface area (Å²) in [5.74, 6) is 0.491. The first kappa shape index (κ1) is 10.9. The van der Waals surface area contributed by atoms with Gasteiger partial charge in [0, 0.05) is 11.1 Å². The first-order valence-electron chi connectivity index (χ1n) is 3.82. The fraction of sp³-hybridized carbons (Fsp3) is 0. The molecule has 0 bridgehead atoms. The van der Waals surface area contributed by atoms with E-state index in [9.17, 15) is 0 Å². The van der Waals surface area contributed by atoms with Crippen LogP contribution in [0.4, 0.5) is 5.82 Å². The van der Waals surface area contributed by atoms with Crippen LogP contribution in [0.15, 0.2) is 30.3 Å². The number of nitrogen functional groups attached to an aromatic ring is 1. The van der Waals surface area contributed by atoms with E-state index in [-0.39, 0.29) is 12.4 Å². The Morgan fingerprint density at radius 1 is 1.21 bits per heavy atom. The largest absolute Gasteiger partial charge is 0.382 e. The summed E-state index contributed by atoms with van der Waals surface area (Å²) >= 11 is 5.75. The van der Waals surface area contributed by atoms with Crippen LogP contribution in [0.3, 0.4) is 0 Å². The van der Waals surface area contributed by atoms with E-state index in [1.54, 1.807) is 6.07 Å². The lowest BCUT2D eigenvalue weighted by Crippen LogP contribution is -1.81. The number of hydrogen-bond donors (Lipinski definition) is 2. The van der Waals surface area contributed by atoms with E-state index in [0.717, 1.165) is 16.3 Å². The predicted octanol–water partition coefficient (Wildman–Crippen LogP) is 2.73. The number of aromatic nitrogens is 2. The van der Waals surface area contributed by atoms with Gasteiger partial charge in [0.15, 0.2) is 0 Å². The van der Waals surface area contributed by atoms with E-state index < -0.39 is 0 Å². The van der Waals surface area contributed by atoms with Gasteiger partial charge >= 0.3 is 0 Å². The van der Waals surface area contributed by atoms with E-state index in [2.05, 4.69) is 10.2 Å². The molecule has 0 amide bonds. The van der Waals surface area contributed by atoms with E-state index in [1.807, 2.05) is 24.3 Å². The van der Waals surface area contributed by atoms with Gasteiger partial charge in [-0.15, -0.1) is 12.4 Å². The summed E-state index contributed by atoms with van der Waals surface area (Å²) in [6.07, 6.45) is 0. The summed E-state index contributed by atoms with van der Waals surface area (Å²) in [4.78, 5) is 0. The Morgan fingerprint density at radius 2 is 1.86 bits per heavy atom. The van der Waals surface area contributed by atoms with Crippen LogP contribution in [0.25, 0.3) is 11.3 Å². The van der Waals surface area contributed by atoms with Crippen molar-refractivity contribution in [3.8, 4) is 11.3 Å². The van der Waals surface area contributed by atoms with Crippen molar-refractivity contribution in [1.29, 1.82) is 0 Å². The highest BCUT2D eigenvalue weighted by molar-refractivity contribution is 6.30. The van der Waals surface area contributed by atoms with Crippen molar-refractivity contribution in [2.45, 2.75) is 0 Å². The van der Waals surface area contributed by atoms with Crippen LogP contribution in [0.1, 0.15) is 0 Å². The number of aromatic amines is 1. The van der Waals surface area contributed by atoms with Crippen molar-refractivity contribution in [1.82, 2.24) is 10.2 Å². The number of nitrogens with two attached hydrogens (primary N) is 1. The van der Waals surface area contributed by atoms with Gasteiger partial charge < -0.3 is 5.73 Å². The Balaban J connectivity index is 0.000000980. The maximum Gasteiger partial charge on any atom is 0.145 e. The molecule has 3 N–H and O–H groups in total. The molecular weight excluding hydrogens is 221 g/mol. The van der Waals surface area contributed by atoms with Crippen LogP contribution >= 0.6 is 24.0 Å². The molecule has 0 unspecified atom stereocenters. The molecule has 0 atom stereocenters. The normalized spacial score (nSPS) is 9.50. The van der Waals surface area contributed by atoms with Gasteiger partial charge in [0.05, 0.1) is 5.69 Å². The smallest absolute Gasteiger partial charge is 0.145 e. The monoisotopic (exact) mass is 229 g/mol. The van der Waals surface area contributed by atoms with Crippen LogP contribution in [0.2, 0.25) is 5.02 Å². The quantitative estimate of drug-likeness (QED) is 0.791. The Kier molecular flexibility index (Phi) is 3.38. The predicted molar refractivity (Wildman–Crippen MR) is 60.7 cm³/mol. The third-order valence-corrected chi connectivity index (χ3v) is 2.00. The van der Waals surface area contributed by atoms with Gasteiger partial charge in [-0.1, -0.05) is 23.7 Å². The van der Waals surface area contributed by atoms with Gasteiger partial charge in [0.25, 0.3) is 0 Å². The van der Waals surface area contributed by atoms with Crippen molar-refractivity contribution in [3.05, 3.63) is 35.4 Å². The minimum Gasteiger partial charge on any atom is -0.382 e. The number of benzene rings is 1. The summed E-state index contributed by atoms with van der Waals surface area (Å²) in [6.45, 7) is 0. The van der Waals surface area contributed by atoms with Crippen LogP contribution in [0.5, 0.6) is 0 Å². The second-order valence-electron chi connectivity index (χ2n) is 2.71. The summed E-state index contributed by atoms with van der Waals surface area (Å²) in [5.41, 5.74) is 7.40. The molecule has 2 rings (SSSR count). The molecule has 1 heterocycles. The number of halogens is 2. The molecule has 2 aromatic rings. The average Bonchev–Trinajstić information content (AvgIpc) is 2.53. The summed E-state index contributed by atoms with van der Waals surface area (Å²) in [5, 5.41) is 7.38. The van der Waals surface area contributed by atoms with Crippen LogP contribution in [-0.2, 0) is 0 Å². The number of rotatable bonds is 1. The molecule has 5 heteroatoms. The van der Waals surface area contributed by atoms with E-state index in [4.69, 9.17) is 17.3 Å². The molecule has 0 radical (unpaired) electrons. The van der Waals surface area contributed by atoms with Gasteiger partial charge in [-0.3, -0.25) is 5.10 Å². The van der Waals surface area contributed by atoms with Crippen molar-refractivity contribution >= 4 is 29.8 Å². The third kappa shape index (κ3) is 2.19. The maximum absolute atomic E-state index is 5.75. The lowest BCUT2D eigenvalue weighted by molar-refractivity contribution is 1.10. The van der Waals surface area contributed by atoms with Gasteiger partial charge in [0.1, 0.15) is 5.82 Å². The van der Waals surface area contributed by atoms with Crippen LogP contribution in [-0.4, -0.2) is 10.2 Å². The van der Waals surface area contributed by atoms with E-state index in [0.29, 0.717) is 5.82 Å². The van der Waals surface area contributed by atoms with Crippen molar-refractivity contribution in [2.75, 3.05) is 5.73 Å². The molecular formula is C9H9Cl2N3. The van der Waals surface area contributed by atoms with Gasteiger partial charge in [-0.25, -0.2) is 0 Å². The second-order valence-corrected chi connectivity index (χ2v) is 3.15. The molecule has 0 aliphatic heterocycles. The zero-order valence-corrected chi connectivity index (χ0v) is 8.77. The van der Waals surface area contributed by atoms with Crippen molar-refractivity contribution < 1.29 is 0 Å². The number of nitrogens with zero attached hydrogens (tertiary/aromatic N) is 1. The van der Waals surface area contributed by atoms with E-state index >= 15 is 0 Å². The van der Waals surface area contributed by atoms with Crippen LogP contribution in [0, 0.1) is 0 Å². The second kappa shape index (κ2) is 4.35. The average molecular weight is 230 g/mol. The molecule has 0 saturated heterocycles. The zero-order chi connectivity index (χ0) is 9.26. The minimum absolute atomic E-state index is 0. The Hall–Kier alpha value is -1.19. The maximum atomic E-state index is 5.75. The fourth-order valence-corrected chi connectivity index (χ4v) is 1.24. The molecule has 0 fully saturated rings. The molecule has 0 saturated carbocycles. The summed E-state index contributed by atoms with van der Waals surface area (Å²) < 4.78 is 0. The van der Waals surface area contributed by atoms with Crippen molar-refractivity contribution in [2.24, 2.45) is 0 Å². The minimum atomic E-state index is 0. The molecule has 3 nitrogen and oxygen atoms in total. The van der Waals surface area contributed by atoms with E-state index in [1.165, 1.54) is 0 Å².